The molecule has 9 nitrogen and oxygen atoms in total. The Balaban J connectivity index is 1.53. The van der Waals surface area contributed by atoms with Crippen LogP contribution in [0.4, 0.5) is 5.69 Å². The van der Waals surface area contributed by atoms with E-state index in [1.165, 1.54) is 88.8 Å². The molecular formula is C38H55N3O6. The van der Waals surface area contributed by atoms with Crippen molar-refractivity contribution in [3.8, 4) is 11.4 Å². The highest BCUT2D eigenvalue weighted by Gasteiger charge is 2.31. The quantitative estimate of drug-likeness (QED) is 0.0697. The fourth-order valence-corrected chi connectivity index (χ4v) is 5.68. The first-order chi connectivity index (χ1) is 22.5. The maximum absolute atomic E-state index is 13.6. The second-order valence-electron chi connectivity index (χ2n) is 13.7. The van der Waals surface area contributed by atoms with Crippen LogP contribution < -0.4 is 15.6 Å². The number of rotatable bonds is 21. The molecule has 0 saturated carbocycles. The first kappa shape index (κ1) is 37.6. The van der Waals surface area contributed by atoms with Gasteiger partial charge in [-0.15, -0.1) is 4.74 Å². The molecule has 1 N–H and O–H groups in total. The lowest BCUT2D eigenvalue weighted by Gasteiger charge is -2.16. The number of hydrogen-bond acceptors (Lipinski definition) is 6. The fourth-order valence-electron chi connectivity index (χ4n) is 5.68. The van der Waals surface area contributed by atoms with Gasteiger partial charge >= 0.3 is 0 Å². The summed E-state index contributed by atoms with van der Waals surface area (Å²) in [6, 6.07) is 11.5. The van der Waals surface area contributed by atoms with E-state index < -0.39 is 21.6 Å². The molecule has 0 aliphatic heterocycles. The van der Waals surface area contributed by atoms with E-state index in [-0.39, 0.29) is 29.3 Å². The van der Waals surface area contributed by atoms with Crippen molar-refractivity contribution in [2.75, 3.05) is 6.54 Å². The molecule has 2 aromatic carbocycles. The Labute approximate surface area is 280 Å². The summed E-state index contributed by atoms with van der Waals surface area (Å²) in [5.41, 5.74) is -0.0327. The van der Waals surface area contributed by atoms with Crippen LogP contribution in [0, 0.1) is 17.0 Å². The van der Waals surface area contributed by atoms with Gasteiger partial charge in [-0.1, -0.05) is 129 Å². The zero-order valence-corrected chi connectivity index (χ0v) is 29.2. The average Bonchev–Trinajstić information content (AvgIpc) is 3.38. The van der Waals surface area contributed by atoms with Crippen molar-refractivity contribution in [3.63, 3.8) is 0 Å². The summed E-state index contributed by atoms with van der Waals surface area (Å²) >= 11 is 0. The van der Waals surface area contributed by atoms with Gasteiger partial charge in [-0.05, 0) is 37.6 Å². The van der Waals surface area contributed by atoms with E-state index in [2.05, 4.69) is 12.2 Å². The summed E-state index contributed by atoms with van der Waals surface area (Å²) in [7, 11) is 0. The van der Waals surface area contributed by atoms with E-state index >= 15 is 0 Å². The number of nitro benzene ring substituents is 1. The van der Waals surface area contributed by atoms with E-state index in [1.54, 1.807) is 0 Å². The number of unbranched alkanes of at least 4 members (excludes halogenated alkanes) is 13. The number of amides is 1. The van der Waals surface area contributed by atoms with Gasteiger partial charge in [-0.25, -0.2) is 0 Å². The zero-order chi connectivity index (χ0) is 34.2. The predicted octanol–water partition coefficient (Wildman–Crippen LogP) is 9.73. The topological polar surface area (TPSA) is 117 Å². The molecule has 0 fully saturated rings. The van der Waals surface area contributed by atoms with Crippen LogP contribution in [0.1, 0.15) is 145 Å². The molecule has 0 spiro atoms. The van der Waals surface area contributed by atoms with Gasteiger partial charge in [0.2, 0.25) is 0 Å². The number of aryl methyl sites for hydroxylation is 1. The van der Waals surface area contributed by atoms with Gasteiger partial charge in [-0.3, -0.25) is 19.7 Å². The number of benzene rings is 2. The highest BCUT2D eigenvalue weighted by Crippen LogP contribution is 2.30. The molecule has 9 heteroatoms. The summed E-state index contributed by atoms with van der Waals surface area (Å²) in [5.74, 6) is 0.584. The third-order valence-corrected chi connectivity index (χ3v) is 8.45. The summed E-state index contributed by atoms with van der Waals surface area (Å²) in [6.07, 6.45) is 17.6. The van der Waals surface area contributed by atoms with E-state index in [1.807, 2.05) is 52.0 Å². The highest BCUT2D eigenvalue weighted by molar-refractivity contribution is 5.95. The van der Waals surface area contributed by atoms with Crippen molar-refractivity contribution in [2.45, 2.75) is 137 Å². The molecule has 0 aliphatic carbocycles. The molecule has 0 unspecified atom stereocenters. The molecule has 1 amide bonds. The van der Waals surface area contributed by atoms with E-state index in [4.69, 9.17) is 9.26 Å². The number of nitrogens with zero attached hydrogens (tertiary/aromatic N) is 2. The lowest BCUT2D eigenvalue weighted by Crippen LogP contribution is -2.25. The normalized spacial score (nSPS) is 11.5. The predicted molar refractivity (Wildman–Crippen MR) is 188 cm³/mol. The van der Waals surface area contributed by atoms with Crippen LogP contribution in [0.3, 0.4) is 0 Å². The standard InChI is InChI=1S/C38H55N3O6/c1-6-7-8-9-10-11-12-13-14-15-16-17-18-19-26-39-36(42)30-22-25-33(34(27-30)41(44)45)40-37(43)32(35(47-40)38(3,4)5)28-46-31-23-20-29(2)21-24-31/h20-25,27H,6-19,26,28H2,1-5H3,(H,39,42). The number of carbonyl (C=O) groups excluding carboxylic acids is 1. The number of ether oxygens (including phenoxy) is 1. The van der Waals surface area contributed by atoms with E-state index in [9.17, 15) is 19.7 Å². The van der Waals surface area contributed by atoms with Gasteiger partial charge in [0, 0.05) is 23.6 Å². The first-order valence-electron chi connectivity index (χ1n) is 17.5. The third-order valence-electron chi connectivity index (χ3n) is 8.45. The molecular weight excluding hydrogens is 594 g/mol. The number of hydrogen-bond donors (Lipinski definition) is 1. The minimum atomic E-state index is -0.603. The maximum atomic E-state index is 13.6. The van der Waals surface area contributed by atoms with Crippen molar-refractivity contribution < 1.29 is 19.0 Å². The van der Waals surface area contributed by atoms with Crippen molar-refractivity contribution in [1.82, 2.24) is 10.1 Å². The Morgan fingerprint density at radius 3 is 1.96 bits per heavy atom. The molecule has 1 aromatic heterocycles. The number of carbonyl (C=O) groups is 1. The lowest BCUT2D eigenvalue weighted by atomic mass is 9.91. The van der Waals surface area contributed by atoms with Crippen molar-refractivity contribution >= 4 is 11.6 Å². The Morgan fingerprint density at radius 2 is 1.43 bits per heavy atom. The lowest BCUT2D eigenvalue weighted by molar-refractivity contribution is -0.384. The minimum absolute atomic E-state index is 0.0457. The van der Waals surface area contributed by atoms with Crippen LogP contribution in [0.25, 0.3) is 5.69 Å². The Morgan fingerprint density at radius 1 is 0.872 bits per heavy atom. The molecule has 0 aliphatic rings. The van der Waals surface area contributed by atoms with Crippen LogP contribution in [0.5, 0.6) is 5.75 Å². The molecule has 3 rings (SSSR count). The molecule has 0 atom stereocenters. The molecule has 3 aromatic rings. The van der Waals surface area contributed by atoms with Gasteiger partial charge < -0.3 is 14.6 Å². The monoisotopic (exact) mass is 649 g/mol. The second-order valence-corrected chi connectivity index (χ2v) is 13.7. The number of nitro groups is 1. The smallest absolute Gasteiger partial charge is 0.297 e. The van der Waals surface area contributed by atoms with Gasteiger partial charge in [0.05, 0.1) is 10.5 Å². The van der Waals surface area contributed by atoms with Crippen LogP contribution in [0.2, 0.25) is 0 Å². The van der Waals surface area contributed by atoms with Crippen molar-refractivity contribution in [2.24, 2.45) is 0 Å². The number of aromatic nitrogens is 1. The molecule has 1 heterocycles. The zero-order valence-electron chi connectivity index (χ0n) is 29.2. The van der Waals surface area contributed by atoms with Gasteiger partial charge in [-0.2, -0.15) is 0 Å². The van der Waals surface area contributed by atoms with Crippen LogP contribution in [-0.4, -0.2) is 22.1 Å². The SMILES string of the molecule is CCCCCCCCCCCCCCCCNC(=O)c1ccc(-n2oc(C(C)(C)C)c(COc3ccc(C)cc3)c2=O)c([N+](=O)[O-])c1. The van der Waals surface area contributed by atoms with Crippen LogP contribution in [-0.2, 0) is 12.0 Å². The first-order valence-corrected chi connectivity index (χ1v) is 17.5. The maximum Gasteiger partial charge on any atom is 0.297 e. The molecule has 258 valence electrons. The fraction of sp³-hybridized carbons (Fsp3) is 0.579. The molecule has 0 radical (unpaired) electrons. The van der Waals surface area contributed by atoms with Crippen LogP contribution >= 0.6 is 0 Å². The summed E-state index contributed by atoms with van der Waals surface area (Å²) in [4.78, 5) is 37.9. The van der Waals surface area contributed by atoms with E-state index in [0.29, 0.717) is 18.1 Å². The molecule has 0 saturated heterocycles. The summed E-state index contributed by atoms with van der Waals surface area (Å²) < 4.78 is 12.8. The summed E-state index contributed by atoms with van der Waals surface area (Å²) in [5, 5.41) is 15.0. The second kappa shape index (κ2) is 19.1. The minimum Gasteiger partial charge on any atom is -0.489 e. The largest absolute Gasteiger partial charge is 0.489 e. The van der Waals surface area contributed by atoms with Crippen molar-refractivity contribution in [3.05, 3.63) is 85.4 Å². The van der Waals surface area contributed by atoms with Crippen molar-refractivity contribution in [1.29, 1.82) is 0 Å². The highest BCUT2D eigenvalue weighted by atomic mass is 16.6. The van der Waals surface area contributed by atoms with Crippen LogP contribution in [0.15, 0.2) is 51.8 Å². The molecule has 0 bridgehead atoms. The third kappa shape index (κ3) is 12.0. The van der Waals surface area contributed by atoms with Gasteiger partial charge in [0.1, 0.15) is 12.4 Å². The number of nitrogens with one attached hydrogen (secondary N) is 1. The van der Waals surface area contributed by atoms with Gasteiger partial charge in [0.25, 0.3) is 17.2 Å². The Kier molecular flexibility index (Phi) is 15.2. The Bertz CT molecular complexity index is 1470. The average molecular weight is 650 g/mol. The Hall–Kier alpha value is -3.88. The van der Waals surface area contributed by atoms with Gasteiger partial charge in [0.15, 0.2) is 11.4 Å². The van der Waals surface area contributed by atoms with E-state index in [0.717, 1.165) is 29.6 Å². The summed E-state index contributed by atoms with van der Waals surface area (Å²) in [6.45, 7) is 10.4. The molecule has 47 heavy (non-hydrogen) atoms.